The van der Waals surface area contributed by atoms with Crippen LogP contribution in [0.5, 0.6) is 5.75 Å². The predicted molar refractivity (Wildman–Crippen MR) is 107 cm³/mol. The normalized spacial score (nSPS) is 10.7. The third-order valence-electron chi connectivity index (χ3n) is 4.13. The molecule has 0 radical (unpaired) electrons. The van der Waals surface area contributed by atoms with Gasteiger partial charge in [-0.2, -0.15) is 0 Å². The Kier molecular flexibility index (Phi) is 4.43. The van der Waals surface area contributed by atoms with Crippen LogP contribution in [0.2, 0.25) is 0 Å². The predicted octanol–water partition coefficient (Wildman–Crippen LogP) is 3.91. The molecule has 2 N–H and O–H groups in total. The second-order valence-corrected chi connectivity index (χ2v) is 6.66. The van der Waals surface area contributed by atoms with Gasteiger partial charge in [0.2, 0.25) is 5.43 Å². The summed E-state index contributed by atoms with van der Waals surface area (Å²) >= 11 is 1.31. The summed E-state index contributed by atoms with van der Waals surface area (Å²) < 4.78 is 5.16. The molecule has 27 heavy (non-hydrogen) atoms. The number of fused-ring (bicyclic) bond motifs is 1. The lowest BCUT2D eigenvalue weighted by Crippen LogP contribution is -2.21. The van der Waals surface area contributed by atoms with E-state index in [1.807, 2.05) is 35.7 Å². The first-order valence-electron chi connectivity index (χ1n) is 8.17. The first-order chi connectivity index (χ1) is 13.2. The molecule has 0 unspecified atom stereocenters. The molecule has 2 aromatic carbocycles. The van der Waals surface area contributed by atoms with Crippen LogP contribution in [0.1, 0.15) is 10.4 Å². The lowest BCUT2D eigenvalue weighted by molar-refractivity contribution is 0.102. The first kappa shape index (κ1) is 17.0. The smallest absolute Gasteiger partial charge is 0.262 e. The van der Waals surface area contributed by atoms with E-state index in [4.69, 9.17) is 4.74 Å². The third-order valence-corrected chi connectivity index (χ3v) is 4.88. The molecular weight excluding hydrogens is 362 g/mol. The maximum absolute atomic E-state index is 12.7. The van der Waals surface area contributed by atoms with Crippen molar-refractivity contribution >= 4 is 33.3 Å². The fourth-order valence-corrected chi connectivity index (χ4v) is 3.45. The van der Waals surface area contributed by atoms with Crippen LogP contribution in [-0.4, -0.2) is 23.0 Å². The number of thiazole rings is 1. The Bertz CT molecular complexity index is 1180. The molecule has 4 rings (SSSR count). The zero-order valence-corrected chi connectivity index (χ0v) is 15.2. The van der Waals surface area contributed by atoms with Crippen LogP contribution in [0.4, 0.5) is 5.13 Å². The summed E-state index contributed by atoms with van der Waals surface area (Å²) in [5.41, 5.74) is 2.03. The molecule has 0 aliphatic carbocycles. The number of aromatic amines is 1. The second kappa shape index (κ2) is 7.05. The van der Waals surface area contributed by atoms with Gasteiger partial charge in [-0.05, 0) is 18.2 Å². The van der Waals surface area contributed by atoms with Gasteiger partial charge in [-0.15, -0.1) is 11.3 Å². The van der Waals surface area contributed by atoms with Crippen molar-refractivity contribution < 1.29 is 9.53 Å². The van der Waals surface area contributed by atoms with Crippen LogP contribution in [0.3, 0.4) is 0 Å². The Balaban J connectivity index is 1.63. The van der Waals surface area contributed by atoms with E-state index in [0.717, 1.165) is 11.3 Å². The van der Waals surface area contributed by atoms with E-state index in [-0.39, 0.29) is 11.0 Å². The molecule has 0 bridgehead atoms. The Morgan fingerprint density at radius 3 is 2.78 bits per heavy atom. The number of H-pyrrole nitrogens is 1. The Hall–Kier alpha value is -3.45. The maximum Gasteiger partial charge on any atom is 0.262 e. The van der Waals surface area contributed by atoms with Crippen LogP contribution in [0, 0.1) is 0 Å². The molecule has 0 saturated carbocycles. The van der Waals surface area contributed by atoms with Gasteiger partial charge >= 0.3 is 0 Å². The number of anilines is 1. The van der Waals surface area contributed by atoms with E-state index < -0.39 is 5.91 Å². The number of rotatable bonds is 4. The summed E-state index contributed by atoms with van der Waals surface area (Å²) in [5, 5.41) is 5.39. The second-order valence-electron chi connectivity index (χ2n) is 5.80. The van der Waals surface area contributed by atoms with Gasteiger partial charge in [-0.3, -0.25) is 14.9 Å². The minimum absolute atomic E-state index is 0.0206. The molecule has 6 nitrogen and oxygen atoms in total. The zero-order chi connectivity index (χ0) is 18.8. The summed E-state index contributed by atoms with van der Waals surface area (Å²) in [4.78, 5) is 32.7. The van der Waals surface area contributed by atoms with E-state index in [2.05, 4.69) is 15.3 Å². The van der Waals surface area contributed by atoms with Crippen LogP contribution in [0.15, 0.2) is 64.9 Å². The lowest BCUT2D eigenvalue weighted by Gasteiger charge is -2.05. The van der Waals surface area contributed by atoms with Gasteiger partial charge in [0.15, 0.2) is 5.13 Å². The molecule has 0 atom stereocenters. The summed E-state index contributed by atoms with van der Waals surface area (Å²) in [7, 11) is 1.53. The van der Waals surface area contributed by atoms with Crippen molar-refractivity contribution in [3.8, 4) is 17.0 Å². The van der Waals surface area contributed by atoms with Crippen molar-refractivity contribution in [1.82, 2.24) is 9.97 Å². The fourth-order valence-electron chi connectivity index (χ4n) is 2.73. The summed E-state index contributed by atoms with van der Waals surface area (Å²) in [6.45, 7) is 0. The standard InChI is InChI=1S/C20H15N3O3S/c1-26-13-7-8-16-14(9-13)18(24)15(10-21-16)19(25)23-20-22-17(11-27-20)12-5-3-2-4-6-12/h2-11H,1H3,(H,21,24)(H,22,23,25). The van der Waals surface area contributed by atoms with E-state index in [1.54, 1.807) is 18.2 Å². The fraction of sp³-hybridized carbons (Fsp3) is 0.0500. The van der Waals surface area contributed by atoms with Gasteiger partial charge in [0, 0.05) is 28.0 Å². The van der Waals surface area contributed by atoms with Crippen molar-refractivity contribution in [1.29, 1.82) is 0 Å². The van der Waals surface area contributed by atoms with Crippen LogP contribution in [0.25, 0.3) is 22.2 Å². The quantitative estimate of drug-likeness (QED) is 0.565. The van der Waals surface area contributed by atoms with Crippen molar-refractivity contribution in [2.75, 3.05) is 12.4 Å². The highest BCUT2D eigenvalue weighted by Crippen LogP contribution is 2.25. The minimum Gasteiger partial charge on any atom is -0.497 e. The molecule has 2 aromatic heterocycles. The molecule has 4 aromatic rings. The number of carbonyl (C=O) groups is 1. The lowest BCUT2D eigenvalue weighted by atomic mass is 10.1. The number of carbonyl (C=O) groups excluding carboxylic acids is 1. The number of aromatic nitrogens is 2. The Morgan fingerprint density at radius 2 is 2.00 bits per heavy atom. The van der Waals surface area contributed by atoms with Gasteiger partial charge in [0.1, 0.15) is 11.3 Å². The van der Waals surface area contributed by atoms with Gasteiger partial charge in [-0.25, -0.2) is 4.98 Å². The number of nitrogens with one attached hydrogen (secondary N) is 2. The van der Waals surface area contributed by atoms with Gasteiger partial charge < -0.3 is 9.72 Å². The van der Waals surface area contributed by atoms with E-state index >= 15 is 0 Å². The van der Waals surface area contributed by atoms with Crippen molar-refractivity contribution in [3.63, 3.8) is 0 Å². The molecule has 134 valence electrons. The van der Waals surface area contributed by atoms with Gasteiger partial charge in [0.05, 0.1) is 12.8 Å². The van der Waals surface area contributed by atoms with E-state index in [9.17, 15) is 9.59 Å². The number of ether oxygens (including phenoxy) is 1. The number of methoxy groups -OCH3 is 1. The monoisotopic (exact) mass is 377 g/mol. The van der Waals surface area contributed by atoms with Gasteiger partial charge in [0.25, 0.3) is 5.91 Å². The summed E-state index contributed by atoms with van der Waals surface area (Å²) in [6.07, 6.45) is 1.41. The van der Waals surface area contributed by atoms with Crippen LogP contribution in [-0.2, 0) is 0 Å². The molecule has 0 aliphatic rings. The highest BCUT2D eigenvalue weighted by Gasteiger charge is 2.15. The summed E-state index contributed by atoms with van der Waals surface area (Å²) in [5.74, 6) is 0.0490. The average molecular weight is 377 g/mol. The average Bonchev–Trinajstić information content (AvgIpc) is 3.17. The number of pyridine rings is 1. The summed E-state index contributed by atoms with van der Waals surface area (Å²) in [6, 6.07) is 14.8. The zero-order valence-electron chi connectivity index (χ0n) is 14.4. The molecule has 0 fully saturated rings. The Labute approximate surface area is 158 Å². The van der Waals surface area contributed by atoms with E-state index in [0.29, 0.717) is 21.8 Å². The topological polar surface area (TPSA) is 84.1 Å². The molecule has 0 aliphatic heterocycles. The van der Waals surface area contributed by atoms with Gasteiger partial charge in [-0.1, -0.05) is 30.3 Å². The molecular formula is C20H15N3O3S. The number of benzene rings is 2. The van der Waals surface area contributed by atoms with E-state index in [1.165, 1.54) is 24.6 Å². The van der Waals surface area contributed by atoms with Crippen molar-refractivity contribution in [2.45, 2.75) is 0 Å². The van der Waals surface area contributed by atoms with Crippen molar-refractivity contribution in [2.24, 2.45) is 0 Å². The highest BCUT2D eigenvalue weighted by molar-refractivity contribution is 7.14. The van der Waals surface area contributed by atoms with Crippen molar-refractivity contribution in [3.05, 3.63) is 75.9 Å². The number of amides is 1. The molecule has 1 amide bonds. The maximum atomic E-state index is 12.7. The minimum atomic E-state index is -0.505. The third kappa shape index (κ3) is 3.32. The first-order valence-corrected chi connectivity index (χ1v) is 9.05. The Morgan fingerprint density at radius 1 is 1.19 bits per heavy atom. The molecule has 2 heterocycles. The largest absolute Gasteiger partial charge is 0.497 e. The van der Waals surface area contributed by atoms with Crippen LogP contribution < -0.4 is 15.5 Å². The SMILES string of the molecule is COc1ccc2[nH]cc(C(=O)Nc3nc(-c4ccccc4)cs3)c(=O)c2c1. The highest BCUT2D eigenvalue weighted by atomic mass is 32.1. The molecule has 7 heteroatoms. The number of nitrogens with zero attached hydrogens (tertiary/aromatic N) is 1. The van der Waals surface area contributed by atoms with Crippen LogP contribution >= 0.6 is 11.3 Å². The molecule has 0 saturated heterocycles. The number of hydrogen-bond acceptors (Lipinski definition) is 5. The molecule has 0 spiro atoms. The number of hydrogen-bond donors (Lipinski definition) is 2.